The number of carbonyl (C=O) groups excluding carboxylic acids is 1. The highest BCUT2D eigenvalue weighted by atomic mass is 16.7. The molecule has 2 aromatic rings. The van der Waals surface area contributed by atoms with Gasteiger partial charge in [0.15, 0.2) is 12.1 Å². The highest BCUT2D eigenvalue weighted by Crippen LogP contribution is 2.16. The molecule has 0 spiro atoms. The summed E-state index contributed by atoms with van der Waals surface area (Å²) >= 11 is 0. The summed E-state index contributed by atoms with van der Waals surface area (Å²) in [6.07, 6.45) is 1.46. The van der Waals surface area contributed by atoms with E-state index in [0.717, 1.165) is 10.9 Å². The zero-order chi connectivity index (χ0) is 12.4. The number of nitrogens with zero attached hydrogens (tertiary/aromatic N) is 1. The maximum atomic E-state index is 12.0. The van der Waals surface area contributed by atoms with Crippen molar-refractivity contribution in [3.63, 3.8) is 0 Å². The molecule has 3 rings (SSSR count). The lowest BCUT2D eigenvalue weighted by atomic mass is 10.1. The summed E-state index contributed by atoms with van der Waals surface area (Å²) in [6.45, 7) is 1.13. The summed E-state index contributed by atoms with van der Waals surface area (Å²) in [7, 11) is 0. The molecule has 4 heteroatoms. The minimum Gasteiger partial charge on any atom is -0.350 e. The summed E-state index contributed by atoms with van der Waals surface area (Å²) in [5.74, 6) is 0.000142. The highest BCUT2D eigenvalue weighted by molar-refractivity contribution is 5.98. The lowest BCUT2D eigenvalue weighted by Crippen LogP contribution is -2.14. The summed E-state index contributed by atoms with van der Waals surface area (Å²) in [4.78, 5) is 16.3. The van der Waals surface area contributed by atoms with Crippen LogP contribution in [0.5, 0.6) is 0 Å². The molecule has 0 bridgehead atoms. The predicted molar refractivity (Wildman–Crippen MR) is 66.4 cm³/mol. The van der Waals surface area contributed by atoms with Crippen LogP contribution in [0.2, 0.25) is 0 Å². The number of hydrogen-bond acceptors (Lipinski definition) is 4. The van der Waals surface area contributed by atoms with Crippen molar-refractivity contribution in [3.05, 3.63) is 42.1 Å². The van der Waals surface area contributed by atoms with E-state index in [0.29, 0.717) is 18.8 Å². The Kier molecular flexibility index (Phi) is 3.04. The Morgan fingerprint density at radius 2 is 2.06 bits per heavy atom. The van der Waals surface area contributed by atoms with Gasteiger partial charge in [-0.05, 0) is 12.1 Å². The fourth-order valence-corrected chi connectivity index (χ4v) is 2.02. The molecule has 1 fully saturated rings. The van der Waals surface area contributed by atoms with E-state index >= 15 is 0 Å². The normalized spacial score (nSPS) is 16.2. The Hall–Kier alpha value is -1.78. The van der Waals surface area contributed by atoms with Gasteiger partial charge in [-0.2, -0.15) is 0 Å². The number of ketones is 1. The zero-order valence-corrected chi connectivity index (χ0v) is 9.83. The SMILES string of the molecule is O=C(CC1OCCO1)c1cnc2ccccc2c1. The summed E-state index contributed by atoms with van der Waals surface area (Å²) in [5.41, 5.74) is 1.50. The van der Waals surface area contributed by atoms with Crippen LogP contribution in [0.15, 0.2) is 36.5 Å². The van der Waals surface area contributed by atoms with Crippen LogP contribution in [-0.2, 0) is 9.47 Å². The number of carbonyl (C=O) groups is 1. The lowest BCUT2D eigenvalue weighted by molar-refractivity contribution is -0.0407. The van der Waals surface area contributed by atoms with Gasteiger partial charge in [0.2, 0.25) is 0 Å². The molecule has 1 aromatic heterocycles. The lowest BCUT2D eigenvalue weighted by Gasteiger charge is -2.08. The molecule has 0 atom stereocenters. The number of aromatic nitrogens is 1. The van der Waals surface area contributed by atoms with E-state index in [4.69, 9.17) is 9.47 Å². The van der Waals surface area contributed by atoms with Crippen molar-refractivity contribution in [3.8, 4) is 0 Å². The molecule has 1 aromatic carbocycles. The van der Waals surface area contributed by atoms with Crippen LogP contribution >= 0.6 is 0 Å². The van der Waals surface area contributed by atoms with Crippen LogP contribution in [0.3, 0.4) is 0 Å². The van der Waals surface area contributed by atoms with Crippen molar-refractivity contribution >= 4 is 16.7 Å². The molecule has 0 N–H and O–H groups in total. The average molecular weight is 243 g/mol. The number of hydrogen-bond donors (Lipinski definition) is 0. The van der Waals surface area contributed by atoms with Gasteiger partial charge < -0.3 is 9.47 Å². The Bertz CT molecular complexity index is 576. The third-order valence-electron chi connectivity index (χ3n) is 2.96. The van der Waals surface area contributed by atoms with Crippen molar-refractivity contribution in [2.24, 2.45) is 0 Å². The Labute approximate surface area is 105 Å². The highest BCUT2D eigenvalue weighted by Gasteiger charge is 2.20. The first-order valence-electron chi connectivity index (χ1n) is 5.94. The Morgan fingerprint density at radius 1 is 1.28 bits per heavy atom. The van der Waals surface area contributed by atoms with E-state index in [9.17, 15) is 4.79 Å². The molecular formula is C14H13NO3. The van der Waals surface area contributed by atoms with Crippen molar-refractivity contribution < 1.29 is 14.3 Å². The minimum atomic E-state index is -0.399. The molecule has 18 heavy (non-hydrogen) atoms. The molecule has 1 aliphatic rings. The molecule has 0 unspecified atom stereocenters. The van der Waals surface area contributed by atoms with Gasteiger partial charge in [0.1, 0.15) is 0 Å². The van der Waals surface area contributed by atoms with E-state index in [-0.39, 0.29) is 12.2 Å². The molecule has 0 radical (unpaired) electrons. The van der Waals surface area contributed by atoms with Crippen LogP contribution in [0.1, 0.15) is 16.8 Å². The molecule has 92 valence electrons. The Balaban J connectivity index is 1.82. The van der Waals surface area contributed by atoms with Crippen molar-refractivity contribution in [1.82, 2.24) is 4.98 Å². The maximum absolute atomic E-state index is 12.0. The van der Waals surface area contributed by atoms with Gasteiger partial charge in [-0.3, -0.25) is 9.78 Å². The quantitative estimate of drug-likeness (QED) is 0.775. The molecule has 2 heterocycles. The van der Waals surface area contributed by atoms with Gasteiger partial charge in [0.05, 0.1) is 25.2 Å². The summed E-state index contributed by atoms with van der Waals surface area (Å²) < 4.78 is 10.5. The van der Waals surface area contributed by atoms with E-state index in [1.54, 1.807) is 6.20 Å². The fraction of sp³-hybridized carbons (Fsp3) is 0.286. The molecular weight excluding hydrogens is 230 g/mol. The smallest absolute Gasteiger partial charge is 0.169 e. The monoisotopic (exact) mass is 243 g/mol. The van der Waals surface area contributed by atoms with Crippen LogP contribution < -0.4 is 0 Å². The molecule has 0 amide bonds. The second-order valence-corrected chi connectivity index (χ2v) is 4.22. The van der Waals surface area contributed by atoms with E-state index in [1.807, 2.05) is 30.3 Å². The van der Waals surface area contributed by atoms with Gasteiger partial charge in [-0.1, -0.05) is 18.2 Å². The number of ether oxygens (including phenoxy) is 2. The molecule has 0 saturated carbocycles. The standard InChI is InChI=1S/C14H13NO3/c16-13(8-14-17-5-6-18-14)11-7-10-3-1-2-4-12(10)15-9-11/h1-4,7,9,14H,5-6,8H2. The first-order valence-corrected chi connectivity index (χ1v) is 5.94. The molecule has 0 aliphatic carbocycles. The largest absolute Gasteiger partial charge is 0.350 e. The number of fused-ring (bicyclic) bond motifs is 1. The van der Waals surface area contributed by atoms with Gasteiger partial charge in [-0.25, -0.2) is 0 Å². The molecule has 1 saturated heterocycles. The maximum Gasteiger partial charge on any atom is 0.169 e. The number of Topliss-reactive ketones (excluding diaryl/α,β-unsaturated/α-hetero) is 1. The fourth-order valence-electron chi connectivity index (χ4n) is 2.02. The molecule has 1 aliphatic heterocycles. The predicted octanol–water partition coefficient (Wildman–Crippen LogP) is 2.18. The van der Waals surface area contributed by atoms with Crippen molar-refractivity contribution in [2.45, 2.75) is 12.7 Å². The van der Waals surface area contributed by atoms with Crippen LogP contribution in [-0.4, -0.2) is 30.3 Å². The molecule has 4 nitrogen and oxygen atoms in total. The van der Waals surface area contributed by atoms with Crippen LogP contribution in [0.4, 0.5) is 0 Å². The average Bonchev–Trinajstić information content (AvgIpc) is 2.91. The van der Waals surface area contributed by atoms with Gasteiger partial charge in [0.25, 0.3) is 0 Å². The van der Waals surface area contributed by atoms with Crippen molar-refractivity contribution in [1.29, 1.82) is 0 Å². The van der Waals surface area contributed by atoms with E-state index < -0.39 is 6.29 Å². The Morgan fingerprint density at radius 3 is 2.89 bits per heavy atom. The minimum absolute atomic E-state index is 0.000142. The zero-order valence-electron chi connectivity index (χ0n) is 9.83. The van der Waals surface area contributed by atoms with Crippen LogP contribution in [0, 0.1) is 0 Å². The summed E-state index contributed by atoms with van der Waals surface area (Å²) in [5, 5.41) is 0.969. The van der Waals surface area contributed by atoms with Crippen LogP contribution in [0.25, 0.3) is 10.9 Å². The summed E-state index contributed by atoms with van der Waals surface area (Å²) in [6, 6.07) is 9.59. The van der Waals surface area contributed by atoms with Crippen molar-refractivity contribution in [2.75, 3.05) is 13.2 Å². The number of rotatable bonds is 3. The van der Waals surface area contributed by atoms with E-state index in [2.05, 4.69) is 4.98 Å². The van der Waals surface area contributed by atoms with Gasteiger partial charge in [-0.15, -0.1) is 0 Å². The third kappa shape index (κ3) is 2.25. The second-order valence-electron chi connectivity index (χ2n) is 4.22. The number of pyridine rings is 1. The van der Waals surface area contributed by atoms with Gasteiger partial charge in [0, 0.05) is 17.1 Å². The van der Waals surface area contributed by atoms with E-state index in [1.165, 1.54) is 0 Å². The number of para-hydroxylation sites is 1. The third-order valence-corrected chi connectivity index (χ3v) is 2.96. The topological polar surface area (TPSA) is 48.4 Å². The second kappa shape index (κ2) is 4.84. The first kappa shape index (κ1) is 11.3. The first-order chi connectivity index (χ1) is 8.83. The number of benzene rings is 1. The van der Waals surface area contributed by atoms with Gasteiger partial charge >= 0.3 is 0 Å².